The van der Waals surface area contributed by atoms with Gasteiger partial charge < -0.3 is 0 Å². The van der Waals surface area contributed by atoms with Gasteiger partial charge in [-0.15, -0.1) is 0 Å². The summed E-state index contributed by atoms with van der Waals surface area (Å²) < 4.78 is 2.23. The molecule has 0 aromatic carbocycles. The second-order valence-electron chi connectivity index (χ2n) is 4.58. The number of allylic oxidation sites excluding steroid dienone is 1. The van der Waals surface area contributed by atoms with Gasteiger partial charge in [0.05, 0.1) is 0 Å². The van der Waals surface area contributed by atoms with Gasteiger partial charge in [0.1, 0.15) is 0 Å². The fourth-order valence-electron chi connectivity index (χ4n) is 2.06. The zero-order chi connectivity index (χ0) is 11.2. The first-order valence-corrected chi connectivity index (χ1v) is 12.8. The second kappa shape index (κ2) is 4.57. The molecule has 82 valence electrons. The van der Waals surface area contributed by atoms with E-state index in [1.54, 1.807) is 18.9 Å². The van der Waals surface area contributed by atoms with Crippen molar-refractivity contribution in [3.63, 3.8) is 0 Å². The summed E-state index contributed by atoms with van der Waals surface area (Å²) in [6.07, 6.45) is 2.40. The summed E-state index contributed by atoms with van der Waals surface area (Å²) in [4.78, 5) is 1.72. The number of thioether (sulfide) groups is 1. The molecule has 0 radical (unpaired) electrons. The molecule has 0 bridgehead atoms. The van der Waals surface area contributed by atoms with Gasteiger partial charge in [0.25, 0.3) is 0 Å². The van der Waals surface area contributed by atoms with Crippen LogP contribution in [-0.4, -0.2) is 45.0 Å². The Labute approximate surface area is 126 Å². The van der Waals surface area contributed by atoms with Crippen molar-refractivity contribution < 1.29 is 0 Å². The maximum atomic E-state index is 2.40. The molecule has 0 saturated carbocycles. The van der Waals surface area contributed by atoms with E-state index in [1.165, 1.54) is 0 Å². The van der Waals surface area contributed by atoms with E-state index in [-0.39, 0.29) is 0 Å². The summed E-state index contributed by atoms with van der Waals surface area (Å²) in [6.45, 7) is 7.04. The number of hydrogen-bond acceptors (Lipinski definition) is 2. The van der Waals surface area contributed by atoms with Crippen molar-refractivity contribution in [2.45, 2.75) is 23.5 Å². The number of hydrogen-bond donors (Lipinski definition) is 0. The topological polar surface area (TPSA) is 0 Å². The Balaban J connectivity index is 2.50. The van der Waals surface area contributed by atoms with E-state index in [9.17, 15) is 0 Å². The minimum absolute atomic E-state index is 0.515. The Morgan fingerprint density at radius 3 is 2.40 bits per heavy atom. The van der Waals surface area contributed by atoms with E-state index in [1.807, 2.05) is 0 Å². The molecule has 2 unspecified atom stereocenters. The predicted octanol–water partition coefficient (Wildman–Crippen LogP) is 0.770. The van der Waals surface area contributed by atoms with Crippen LogP contribution in [0.5, 0.6) is 0 Å². The molecule has 2 atom stereocenters. The van der Waals surface area contributed by atoms with Gasteiger partial charge >= 0.3 is 128 Å². The van der Waals surface area contributed by atoms with Crippen LogP contribution in [0.1, 0.15) is 22.9 Å². The van der Waals surface area contributed by atoms with Gasteiger partial charge in [0, 0.05) is 0 Å². The van der Waals surface area contributed by atoms with Gasteiger partial charge in [-0.05, 0) is 0 Å². The molecule has 1 aliphatic heterocycles. The standard InChI is InChI=1S/C11H12S2.2Sn.6H/c1-7-4-5-12-10(7)11-9(3)8(2)6-13-11;;;;;;;;/h4-5,7H,1-3H3;;;;;;;;. The minimum atomic E-state index is 0.515. The molecule has 2 heterocycles. The third kappa shape index (κ3) is 2.08. The molecule has 1 aromatic heterocycles. The van der Waals surface area contributed by atoms with Crippen LogP contribution in [0, 0.1) is 19.8 Å². The average molecular weight is 452 g/mol. The monoisotopic (exact) mass is 454 g/mol. The van der Waals surface area contributed by atoms with Crippen molar-refractivity contribution in [2.75, 3.05) is 0 Å². The molecule has 0 nitrogen and oxygen atoms in total. The Morgan fingerprint density at radius 2 is 2.00 bits per heavy atom. The van der Waals surface area contributed by atoms with Crippen molar-refractivity contribution in [3.05, 3.63) is 27.5 Å². The molecule has 0 N–H and O–H groups in total. The molecule has 1 aliphatic rings. The van der Waals surface area contributed by atoms with Crippen molar-refractivity contribution in [1.29, 1.82) is 0 Å². The molecule has 0 amide bonds. The summed E-state index contributed by atoms with van der Waals surface area (Å²) in [6, 6.07) is 0. The number of rotatable bonds is 1. The fraction of sp³-hybridized carbons (Fsp3) is 0.455. The third-order valence-corrected chi connectivity index (χ3v) is 17.7. The Morgan fingerprint density at radius 1 is 1.33 bits per heavy atom. The van der Waals surface area contributed by atoms with Crippen molar-refractivity contribution in [1.82, 2.24) is 0 Å². The van der Waals surface area contributed by atoms with Gasteiger partial charge in [-0.3, -0.25) is 0 Å². The van der Waals surface area contributed by atoms with Crippen molar-refractivity contribution in [2.24, 2.45) is 5.92 Å². The van der Waals surface area contributed by atoms with Crippen molar-refractivity contribution in [3.8, 4) is 0 Å². The summed E-state index contributed by atoms with van der Waals surface area (Å²) in [5.41, 5.74) is 3.22. The van der Waals surface area contributed by atoms with E-state index in [4.69, 9.17) is 0 Å². The van der Waals surface area contributed by atoms with E-state index in [0.29, 0.717) is 47.8 Å². The first-order valence-electron chi connectivity index (χ1n) is 5.38. The van der Waals surface area contributed by atoms with Gasteiger partial charge in [0.15, 0.2) is 0 Å². The summed E-state index contributed by atoms with van der Waals surface area (Å²) in [7, 11) is 0. The first-order chi connectivity index (χ1) is 6.97. The van der Waals surface area contributed by atoms with Crippen LogP contribution in [0.2, 0.25) is 0 Å². The molecule has 4 heteroatoms. The summed E-state index contributed by atoms with van der Waals surface area (Å²) in [5.74, 6) is 0.754. The zero-order valence-corrected chi connectivity index (χ0v) is 23.1. The molecule has 15 heavy (non-hydrogen) atoms. The van der Waals surface area contributed by atoms with Crippen LogP contribution in [-0.2, 0) is 2.76 Å². The van der Waals surface area contributed by atoms with Gasteiger partial charge in [-0.1, -0.05) is 0 Å². The zero-order valence-electron chi connectivity index (χ0n) is 10.0. The Bertz CT molecular complexity index is 422. The van der Waals surface area contributed by atoms with Gasteiger partial charge in [-0.25, -0.2) is 0 Å². The average Bonchev–Trinajstić information content (AvgIpc) is 2.64. The quantitative estimate of drug-likeness (QED) is 0.569. The van der Waals surface area contributed by atoms with Crippen LogP contribution < -0.4 is 2.89 Å². The SMILES string of the molecule is Cc1[c]([SnH3])sc([C]2([SnH3])SC=CC2C)c1C. The van der Waals surface area contributed by atoms with Crippen LogP contribution in [0.4, 0.5) is 0 Å². The second-order valence-corrected chi connectivity index (χ2v) is 18.7. The predicted molar refractivity (Wildman–Crippen MR) is 80.9 cm³/mol. The fourth-order valence-corrected chi connectivity index (χ4v) is 11.3. The van der Waals surface area contributed by atoms with Crippen LogP contribution in [0.25, 0.3) is 0 Å². The Kier molecular flexibility index (Phi) is 3.91. The molecular formula is C11H18S2Sn2. The van der Waals surface area contributed by atoms with Gasteiger partial charge in [0.2, 0.25) is 0 Å². The first kappa shape index (κ1) is 12.8. The normalized spacial score (nSPS) is 30.5. The van der Waals surface area contributed by atoms with E-state index < -0.39 is 0 Å². The molecule has 0 saturated heterocycles. The molecule has 1 aromatic rings. The van der Waals surface area contributed by atoms with Gasteiger partial charge in [-0.2, -0.15) is 0 Å². The third-order valence-electron chi connectivity index (χ3n) is 3.69. The van der Waals surface area contributed by atoms with Crippen LogP contribution >= 0.6 is 23.1 Å². The van der Waals surface area contributed by atoms with Crippen molar-refractivity contribution >= 4 is 71.0 Å². The van der Waals surface area contributed by atoms with Crippen LogP contribution in [0.3, 0.4) is 0 Å². The number of thiophene rings is 1. The molecule has 0 aliphatic carbocycles. The Hall–Kier alpha value is 1.39. The molecule has 0 spiro atoms. The van der Waals surface area contributed by atoms with Crippen LogP contribution in [0.15, 0.2) is 11.5 Å². The maximum absolute atomic E-state index is 2.40. The summed E-state index contributed by atoms with van der Waals surface area (Å²) >= 11 is 5.55. The summed E-state index contributed by atoms with van der Waals surface area (Å²) in [5, 5.41) is 2.33. The van der Waals surface area contributed by atoms with E-state index in [2.05, 4.69) is 55.4 Å². The molecule has 2 rings (SSSR count). The molecule has 0 fully saturated rings. The molecular weight excluding hydrogens is 434 g/mol. The van der Waals surface area contributed by atoms with E-state index >= 15 is 0 Å². The van der Waals surface area contributed by atoms with E-state index in [0.717, 1.165) is 5.92 Å².